The van der Waals surface area contributed by atoms with Crippen molar-refractivity contribution >= 4 is 22.6 Å². The summed E-state index contributed by atoms with van der Waals surface area (Å²) >= 11 is 0. The van der Waals surface area contributed by atoms with Gasteiger partial charge in [-0.3, -0.25) is 9.59 Å². The zero-order valence-corrected chi connectivity index (χ0v) is 22.5. The van der Waals surface area contributed by atoms with E-state index in [2.05, 4.69) is 20.2 Å². The Morgan fingerprint density at radius 3 is 2.63 bits per heavy atom. The van der Waals surface area contributed by atoms with Gasteiger partial charge in [-0.2, -0.15) is 0 Å². The molecule has 38 heavy (non-hydrogen) atoms. The summed E-state index contributed by atoms with van der Waals surface area (Å²) in [5.41, 5.74) is 1.28. The average molecular weight is 519 g/mol. The Bertz CT molecular complexity index is 1260. The highest BCUT2D eigenvalue weighted by molar-refractivity contribution is 5.85. The minimum atomic E-state index is -0.327. The number of piperidine rings is 3. The molecule has 3 aliphatic heterocycles. The molecule has 1 N–H and O–H groups in total. The van der Waals surface area contributed by atoms with Crippen molar-refractivity contribution < 1.29 is 18.7 Å². The first-order chi connectivity index (χ1) is 18.5. The molecular weight excluding hydrogens is 480 g/mol. The van der Waals surface area contributed by atoms with Crippen LogP contribution in [0.25, 0.3) is 22.2 Å². The van der Waals surface area contributed by atoms with Crippen molar-refractivity contribution in [2.24, 2.45) is 5.41 Å². The van der Waals surface area contributed by atoms with Crippen LogP contribution in [-0.2, 0) is 9.59 Å². The van der Waals surface area contributed by atoms with Crippen LogP contribution >= 0.6 is 0 Å². The van der Waals surface area contributed by atoms with E-state index in [-0.39, 0.29) is 17.4 Å². The van der Waals surface area contributed by atoms with Gasteiger partial charge >= 0.3 is 0 Å². The first kappa shape index (κ1) is 26.4. The monoisotopic (exact) mass is 518 g/mol. The number of para-hydroxylation sites is 1. The molecule has 2 aromatic heterocycles. The number of carbonyl (C=O) groups excluding carboxylic acids is 2. The molecule has 3 aliphatic rings. The Kier molecular flexibility index (Phi) is 8.07. The van der Waals surface area contributed by atoms with E-state index in [0.717, 1.165) is 74.6 Å². The molecule has 5 heterocycles. The van der Waals surface area contributed by atoms with E-state index in [1.165, 1.54) is 0 Å². The second-order valence-corrected chi connectivity index (χ2v) is 10.7. The number of ether oxygens (including phenoxy) is 1. The maximum Gasteiger partial charge on any atom is 0.227 e. The largest absolute Gasteiger partial charge is 0.480 e. The fraction of sp³-hybridized carbons (Fsp3) is 0.533. The van der Waals surface area contributed by atoms with Crippen LogP contribution in [0.4, 0.5) is 0 Å². The zero-order valence-electron chi connectivity index (χ0n) is 22.5. The number of nitrogens with one attached hydrogen (secondary N) is 1. The maximum atomic E-state index is 13.6. The lowest BCUT2D eigenvalue weighted by molar-refractivity contribution is -0.139. The predicted molar refractivity (Wildman–Crippen MR) is 146 cm³/mol. The van der Waals surface area contributed by atoms with Crippen molar-refractivity contribution in [3.8, 4) is 17.2 Å². The molecule has 1 aromatic carbocycles. The van der Waals surface area contributed by atoms with E-state index in [9.17, 15) is 9.59 Å². The number of benzene rings is 1. The average Bonchev–Trinajstić information content (AvgIpc) is 3.46. The number of aromatic nitrogens is 2. The lowest BCUT2D eigenvalue weighted by atomic mass is 9.71. The van der Waals surface area contributed by atoms with Crippen molar-refractivity contribution in [1.29, 1.82) is 0 Å². The molecule has 6 rings (SSSR count). The quantitative estimate of drug-likeness (QED) is 0.318. The lowest BCUT2D eigenvalue weighted by Gasteiger charge is -2.47. The van der Waals surface area contributed by atoms with Gasteiger partial charge in [0.05, 0.1) is 29.8 Å². The molecule has 8 heteroatoms. The molecule has 3 saturated heterocycles. The second kappa shape index (κ2) is 11.6. The van der Waals surface area contributed by atoms with Crippen molar-refractivity contribution in [3.63, 3.8) is 0 Å². The van der Waals surface area contributed by atoms with Crippen LogP contribution in [0.1, 0.15) is 76.6 Å². The Morgan fingerprint density at radius 1 is 1.13 bits per heavy atom. The van der Waals surface area contributed by atoms with Gasteiger partial charge in [0.2, 0.25) is 17.7 Å². The lowest BCUT2D eigenvalue weighted by Crippen LogP contribution is -2.55. The van der Waals surface area contributed by atoms with Gasteiger partial charge in [0.15, 0.2) is 5.76 Å². The fourth-order valence-corrected chi connectivity index (χ4v) is 5.76. The van der Waals surface area contributed by atoms with Gasteiger partial charge in [0.1, 0.15) is 11.8 Å². The second-order valence-electron chi connectivity index (χ2n) is 10.7. The van der Waals surface area contributed by atoms with Crippen molar-refractivity contribution in [2.75, 3.05) is 26.7 Å². The summed E-state index contributed by atoms with van der Waals surface area (Å²) in [4.78, 5) is 37.0. The molecule has 202 valence electrons. The highest BCUT2D eigenvalue weighted by atomic mass is 16.5. The highest BCUT2D eigenvalue weighted by Crippen LogP contribution is 2.41. The van der Waals surface area contributed by atoms with Gasteiger partial charge in [-0.25, -0.2) is 9.97 Å². The zero-order chi connectivity index (χ0) is 26.5. The highest BCUT2D eigenvalue weighted by Gasteiger charge is 2.45. The minimum Gasteiger partial charge on any atom is -0.480 e. The van der Waals surface area contributed by atoms with Crippen LogP contribution < -0.4 is 10.1 Å². The number of hydrogen-bond acceptors (Lipinski definition) is 7. The van der Waals surface area contributed by atoms with Crippen LogP contribution in [0.5, 0.6) is 5.88 Å². The summed E-state index contributed by atoms with van der Waals surface area (Å²) in [6.07, 6.45) is 8.99. The number of pyridine rings is 1. The molecule has 3 aromatic rings. The van der Waals surface area contributed by atoms with E-state index in [4.69, 9.17) is 9.15 Å². The SMILES string of the molecule is CCC(=O)CCCCCC(NC(=O)C12CCN(CC1)CC2)c1ncc(-c2cc3ccccc3nc2OC)o1. The van der Waals surface area contributed by atoms with Crippen molar-refractivity contribution in [3.05, 3.63) is 42.4 Å². The van der Waals surface area contributed by atoms with E-state index >= 15 is 0 Å². The molecule has 0 saturated carbocycles. The van der Waals surface area contributed by atoms with Crippen LogP contribution in [0.3, 0.4) is 0 Å². The molecule has 2 bridgehead atoms. The third kappa shape index (κ3) is 5.60. The van der Waals surface area contributed by atoms with Gasteiger partial charge in [-0.15, -0.1) is 0 Å². The molecule has 1 atom stereocenters. The Hall–Kier alpha value is -3.26. The van der Waals surface area contributed by atoms with Crippen LogP contribution in [0.2, 0.25) is 0 Å². The number of nitrogens with zero attached hydrogens (tertiary/aromatic N) is 3. The summed E-state index contributed by atoms with van der Waals surface area (Å²) in [7, 11) is 1.60. The van der Waals surface area contributed by atoms with E-state index in [0.29, 0.717) is 42.6 Å². The number of hydrogen-bond donors (Lipinski definition) is 1. The maximum absolute atomic E-state index is 13.6. The fourth-order valence-electron chi connectivity index (χ4n) is 5.76. The molecule has 1 unspecified atom stereocenters. The number of rotatable bonds is 12. The summed E-state index contributed by atoms with van der Waals surface area (Å²) in [6, 6.07) is 9.54. The summed E-state index contributed by atoms with van der Waals surface area (Å²) in [5, 5.41) is 4.31. The summed E-state index contributed by atoms with van der Waals surface area (Å²) < 4.78 is 11.9. The normalized spacial score (nSPS) is 21.4. The van der Waals surface area contributed by atoms with Gasteiger partial charge in [-0.05, 0) is 63.9 Å². The molecule has 0 radical (unpaired) electrons. The topological polar surface area (TPSA) is 97.6 Å². The van der Waals surface area contributed by atoms with Gasteiger partial charge in [-0.1, -0.05) is 38.0 Å². The minimum absolute atomic E-state index is 0.118. The molecule has 8 nitrogen and oxygen atoms in total. The van der Waals surface area contributed by atoms with Crippen LogP contribution in [-0.4, -0.2) is 53.3 Å². The summed E-state index contributed by atoms with van der Waals surface area (Å²) in [5.74, 6) is 1.95. The molecule has 0 spiro atoms. The molecular formula is C30H38N4O4. The molecule has 3 fully saturated rings. The number of methoxy groups -OCH3 is 1. The third-order valence-corrected chi connectivity index (χ3v) is 8.32. The predicted octanol–water partition coefficient (Wildman–Crippen LogP) is 5.47. The van der Waals surface area contributed by atoms with E-state index in [1.54, 1.807) is 13.3 Å². The van der Waals surface area contributed by atoms with Gasteiger partial charge < -0.3 is 19.4 Å². The first-order valence-corrected chi connectivity index (χ1v) is 14.0. The number of fused-ring (bicyclic) bond motifs is 4. The van der Waals surface area contributed by atoms with Crippen molar-refractivity contribution in [2.45, 2.75) is 70.8 Å². The van der Waals surface area contributed by atoms with Gasteiger partial charge in [0, 0.05) is 18.2 Å². The number of ketones is 1. The summed E-state index contributed by atoms with van der Waals surface area (Å²) in [6.45, 7) is 4.87. The number of unbranched alkanes of at least 4 members (excludes halogenated alkanes) is 2. The third-order valence-electron chi connectivity index (χ3n) is 8.32. The van der Waals surface area contributed by atoms with Gasteiger partial charge in [0.25, 0.3) is 0 Å². The van der Waals surface area contributed by atoms with Crippen LogP contribution in [0.15, 0.2) is 40.9 Å². The standard InChI is InChI=1S/C30H38N4O4/c1-3-22(35)10-5-4-6-12-25(33-29(36)30-13-16-34(17-14-30)18-15-30)28-31-20-26(38-28)23-19-21-9-7-8-11-24(21)32-27(23)37-2/h7-9,11,19-20,25H,3-6,10,12-18H2,1-2H3,(H,33,36). The number of amides is 1. The smallest absolute Gasteiger partial charge is 0.227 e. The Labute approximate surface area is 224 Å². The van der Waals surface area contributed by atoms with E-state index < -0.39 is 0 Å². The van der Waals surface area contributed by atoms with Crippen molar-refractivity contribution in [1.82, 2.24) is 20.2 Å². The van der Waals surface area contributed by atoms with Crippen LogP contribution in [0, 0.1) is 5.41 Å². The molecule has 0 aliphatic carbocycles. The Morgan fingerprint density at radius 2 is 1.89 bits per heavy atom. The van der Waals surface area contributed by atoms with E-state index in [1.807, 2.05) is 37.3 Å². The first-order valence-electron chi connectivity index (χ1n) is 14.0. The Balaban J connectivity index is 1.36. The number of oxazole rings is 1. The molecule has 1 amide bonds. The number of Topliss-reactive ketones (excluding diaryl/α,β-unsaturated/α-hetero) is 1. The number of carbonyl (C=O) groups is 2.